The SMILES string of the molecule is O=C(NCCCSCc1ccccc1)OC1CCCC1. The van der Waals surface area contributed by atoms with Crippen LogP contribution >= 0.6 is 11.8 Å². The third-order valence-electron chi connectivity index (χ3n) is 3.42. The van der Waals surface area contributed by atoms with Gasteiger partial charge in [-0.15, -0.1) is 0 Å². The van der Waals surface area contributed by atoms with Crippen molar-refractivity contribution in [1.82, 2.24) is 5.32 Å². The molecule has 0 spiro atoms. The second kappa shape index (κ2) is 8.90. The van der Waals surface area contributed by atoms with Crippen molar-refractivity contribution in [3.05, 3.63) is 35.9 Å². The summed E-state index contributed by atoms with van der Waals surface area (Å²) < 4.78 is 5.33. The number of nitrogens with one attached hydrogen (secondary N) is 1. The van der Waals surface area contributed by atoms with Gasteiger partial charge in [-0.3, -0.25) is 0 Å². The lowest BCUT2D eigenvalue weighted by atomic mass is 10.2. The Hall–Kier alpha value is -1.16. The maximum atomic E-state index is 11.5. The van der Waals surface area contributed by atoms with Crippen molar-refractivity contribution in [2.45, 2.75) is 44.0 Å². The Morgan fingerprint density at radius 2 is 2.00 bits per heavy atom. The van der Waals surface area contributed by atoms with Gasteiger partial charge in [0.15, 0.2) is 0 Å². The van der Waals surface area contributed by atoms with Gasteiger partial charge >= 0.3 is 6.09 Å². The van der Waals surface area contributed by atoms with Gasteiger partial charge in [-0.1, -0.05) is 30.3 Å². The van der Waals surface area contributed by atoms with Gasteiger partial charge in [0.05, 0.1) is 0 Å². The van der Waals surface area contributed by atoms with Crippen LogP contribution < -0.4 is 5.32 Å². The summed E-state index contributed by atoms with van der Waals surface area (Å²) in [6, 6.07) is 10.5. The highest BCUT2D eigenvalue weighted by molar-refractivity contribution is 7.98. The lowest BCUT2D eigenvalue weighted by molar-refractivity contribution is 0.101. The molecule has 1 saturated carbocycles. The van der Waals surface area contributed by atoms with Crippen LogP contribution in [0.4, 0.5) is 4.79 Å². The molecule has 0 heterocycles. The predicted molar refractivity (Wildman–Crippen MR) is 84.0 cm³/mol. The zero-order valence-electron chi connectivity index (χ0n) is 11.8. The number of ether oxygens (including phenoxy) is 1. The molecule has 1 amide bonds. The first-order chi connectivity index (χ1) is 9.84. The molecule has 0 bridgehead atoms. The van der Waals surface area contributed by atoms with Gasteiger partial charge in [0.25, 0.3) is 0 Å². The molecular weight excluding hydrogens is 270 g/mol. The van der Waals surface area contributed by atoms with Gasteiger partial charge in [0, 0.05) is 12.3 Å². The van der Waals surface area contributed by atoms with Crippen molar-refractivity contribution in [3.8, 4) is 0 Å². The lowest BCUT2D eigenvalue weighted by Gasteiger charge is -2.12. The number of carbonyl (C=O) groups is 1. The second-order valence-corrected chi connectivity index (χ2v) is 6.24. The molecule has 1 aliphatic rings. The van der Waals surface area contributed by atoms with Crippen LogP contribution in [0.5, 0.6) is 0 Å². The molecule has 0 saturated heterocycles. The van der Waals surface area contributed by atoms with Crippen LogP contribution in [-0.2, 0) is 10.5 Å². The van der Waals surface area contributed by atoms with Crippen molar-refractivity contribution in [1.29, 1.82) is 0 Å². The van der Waals surface area contributed by atoms with E-state index in [1.807, 2.05) is 17.8 Å². The molecule has 1 aromatic carbocycles. The van der Waals surface area contributed by atoms with Crippen LogP contribution in [-0.4, -0.2) is 24.5 Å². The summed E-state index contributed by atoms with van der Waals surface area (Å²) in [7, 11) is 0. The van der Waals surface area contributed by atoms with E-state index in [1.54, 1.807) is 0 Å². The average Bonchev–Trinajstić information content (AvgIpc) is 2.96. The summed E-state index contributed by atoms with van der Waals surface area (Å²) in [6.45, 7) is 0.702. The summed E-state index contributed by atoms with van der Waals surface area (Å²) >= 11 is 1.90. The number of alkyl carbamates (subject to hydrolysis) is 1. The van der Waals surface area contributed by atoms with Gasteiger partial charge in [-0.2, -0.15) is 11.8 Å². The first kappa shape index (κ1) is 15.2. The minimum atomic E-state index is -0.245. The lowest BCUT2D eigenvalue weighted by Crippen LogP contribution is -2.28. The van der Waals surface area contributed by atoms with Crippen LogP contribution in [0, 0.1) is 0 Å². The van der Waals surface area contributed by atoms with Gasteiger partial charge in [0.2, 0.25) is 0 Å². The van der Waals surface area contributed by atoms with E-state index >= 15 is 0 Å². The van der Waals surface area contributed by atoms with E-state index in [9.17, 15) is 4.79 Å². The van der Waals surface area contributed by atoms with Crippen LogP contribution in [0.15, 0.2) is 30.3 Å². The number of hydrogen-bond acceptors (Lipinski definition) is 3. The second-order valence-electron chi connectivity index (χ2n) is 5.13. The van der Waals surface area contributed by atoms with E-state index in [4.69, 9.17) is 4.74 Å². The molecule has 1 fully saturated rings. The summed E-state index contributed by atoms with van der Waals surface area (Å²) in [6.07, 6.45) is 5.33. The fourth-order valence-corrected chi connectivity index (χ4v) is 3.25. The van der Waals surface area contributed by atoms with Gasteiger partial charge in [-0.05, 0) is 43.4 Å². The van der Waals surface area contributed by atoms with Gasteiger partial charge in [0.1, 0.15) is 6.10 Å². The molecule has 0 aromatic heterocycles. The average molecular weight is 293 g/mol. The summed E-state index contributed by atoms with van der Waals surface area (Å²) in [4.78, 5) is 11.5. The molecule has 0 radical (unpaired) electrons. The molecule has 3 nitrogen and oxygen atoms in total. The standard InChI is InChI=1S/C16H23NO2S/c18-16(19-15-9-4-5-10-15)17-11-6-12-20-13-14-7-2-1-3-8-14/h1-3,7-8,15H,4-6,9-13H2,(H,17,18). The van der Waals surface area contributed by atoms with E-state index in [-0.39, 0.29) is 12.2 Å². The van der Waals surface area contributed by atoms with E-state index in [0.717, 1.165) is 30.8 Å². The van der Waals surface area contributed by atoms with Crippen molar-refractivity contribution < 1.29 is 9.53 Å². The smallest absolute Gasteiger partial charge is 0.407 e. The minimum absolute atomic E-state index is 0.155. The molecule has 20 heavy (non-hydrogen) atoms. The van der Waals surface area contributed by atoms with Crippen LogP contribution in [0.2, 0.25) is 0 Å². The molecule has 4 heteroatoms. The third kappa shape index (κ3) is 5.87. The van der Waals surface area contributed by atoms with Gasteiger partial charge < -0.3 is 10.1 Å². The maximum Gasteiger partial charge on any atom is 0.407 e. The molecular formula is C16H23NO2S. The topological polar surface area (TPSA) is 38.3 Å². The summed E-state index contributed by atoms with van der Waals surface area (Å²) in [5.74, 6) is 2.09. The van der Waals surface area contributed by atoms with E-state index < -0.39 is 0 Å². The van der Waals surface area contributed by atoms with Crippen molar-refractivity contribution in [2.24, 2.45) is 0 Å². The summed E-state index contributed by atoms with van der Waals surface area (Å²) in [5, 5.41) is 2.83. The number of benzene rings is 1. The number of amides is 1. The predicted octanol–water partition coefficient (Wildman–Crippen LogP) is 3.98. The third-order valence-corrected chi connectivity index (χ3v) is 4.54. The Morgan fingerprint density at radius 1 is 1.25 bits per heavy atom. The highest BCUT2D eigenvalue weighted by Crippen LogP contribution is 2.20. The maximum absolute atomic E-state index is 11.5. The molecule has 0 unspecified atom stereocenters. The Bertz CT molecular complexity index is 391. The Kier molecular flexibility index (Phi) is 6.78. The Balaban J connectivity index is 1.46. The molecule has 2 rings (SSSR count). The highest BCUT2D eigenvalue weighted by atomic mass is 32.2. The number of thioether (sulfide) groups is 1. The van der Waals surface area contributed by atoms with Gasteiger partial charge in [-0.25, -0.2) is 4.79 Å². The normalized spacial score (nSPS) is 15.2. The number of rotatable bonds is 7. The first-order valence-electron chi connectivity index (χ1n) is 7.41. The fourth-order valence-electron chi connectivity index (χ4n) is 2.33. The molecule has 1 aromatic rings. The monoisotopic (exact) mass is 293 g/mol. The van der Waals surface area contributed by atoms with E-state index in [2.05, 4.69) is 29.6 Å². The van der Waals surface area contributed by atoms with Crippen molar-refractivity contribution in [3.63, 3.8) is 0 Å². The van der Waals surface area contributed by atoms with Crippen LogP contribution in [0.25, 0.3) is 0 Å². The first-order valence-corrected chi connectivity index (χ1v) is 8.56. The fraction of sp³-hybridized carbons (Fsp3) is 0.562. The van der Waals surface area contributed by atoms with Crippen LogP contribution in [0.1, 0.15) is 37.7 Å². The zero-order chi connectivity index (χ0) is 14.0. The van der Waals surface area contributed by atoms with Crippen LogP contribution in [0.3, 0.4) is 0 Å². The molecule has 110 valence electrons. The zero-order valence-corrected chi connectivity index (χ0v) is 12.7. The molecule has 0 aliphatic heterocycles. The van der Waals surface area contributed by atoms with Crippen molar-refractivity contribution in [2.75, 3.05) is 12.3 Å². The van der Waals surface area contributed by atoms with E-state index in [1.165, 1.54) is 18.4 Å². The summed E-state index contributed by atoms with van der Waals surface area (Å²) in [5.41, 5.74) is 1.35. The molecule has 1 aliphatic carbocycles. The Labute approximate surface area is 125 Å². The number of hydrogen-bond donors (Lipinski definition) is 1. The Morgan fingerprint density at radius 3 is 2.75 bits per heavy atom. The quantitative estimate of drug-likeness (QED) is 0.773. The number of carbonyl (C=O) groups excluding carboxylic acids is 1. The molecule has 0 atom stereocenters. The largest absolute Gasteiger partial charge is 0.446 e. The highest BCUT2D eigenvalue weighted by Gasteiger charge is 2.18. The minimum Gasteiger partial charge on any atom is -0.446 e. The van der Waals surface area contributed by atoms with E-state index in [0.29, 0.717) is 6.54 Å². The van der Waals surface area contributed by atoms with Crippen molar-refractivity contribution >= 4 is 17.9 Å². The molecule has 1 N–H and O–H groups in total.